The van der Waals surface area contributed by atoms with Crippen molar-refractivity contribution in [3.63, 3.8) is 0 Å². The van der Waals surface area contributed by atoms with Crippen molar-refractivity contribution in [2.75, 3.05) is 7.11 Å². The Morgan fingerprint density at radius 3 is 2.78 bits per heavy atom. The van der Waals surface area contributed by atoms with Gasteiger partial charge in [-0.25, -0.2) is 19.9 Å². The van der Waals surface area contributed by atoms with Crippen LogP contribution in [0.25, 0.3) is 11.5 Å². The van der Waals surface area contributed by atoms with Gasteiger partial charge in [0.05, 0.1) is 15.9 Å². The summed E-state index contributed by atoms with van der Waals surface area (Å²) in [7, 11) is 1.61. The summed E-state index contributed by atoms with van der Waals surface area (Å²) in [5.74, 6) is 1.15. The van der Waals surface area contributed by atoms with E-state index in [1.807, 2.05) is 6.92 Å². The molecule has 0 aliphatic carbocycles. The van der Waals surface area contributed by atoms with Crippen LogP contribution in [0.3, 0.4) is 0 Å². The second-order valence-electron chi connectivity index (χ2n) is 3.52. The molecule has 0 unspecified atom stereocenters. The SMILES string of the molecule is COCc1nc(-c2ccnc(C)n2)nc(Cl)c1I. The molecule has 0 saturated heterocycles. The van der Waals surface area contributed by atoms with Gasteiger partial charge in [-0.05, 0) is 35.6 Å². The van der Waals surface area contributed by atoms with Crippen molar-refractivity contribution in [1.29, 1.82) is 0 Å². The average molecular weight is 377 g/mol. The van der Waals surface area contributed by atoms with Crippen molar-refractivity contribution in [2.24, 2.45) is 0 Å². The second-order valence-corrected chi connectivity index (χ2v) is 4.96. The van der Waals surface area contributed by atoms with Crippen molar-refractivity contribution in [3.05, 3.63) is 32.5 Å². The lowest BCUT2D eigenvalue weighted by Crippen LogP contribution is -2.03. The van der Waals surface area contributed by atoms with E-state index in [-0.39, 0.29) is 0 Å². The lowest BCUT2D eigenvalue weighted by atomic mass is 10.3. The molecule has 0 saturated carbocycles. The monoisotopic (exact) mass is 376 g/mol. The largest absolute Gasteiger partial charge is 0.378 e. The third-order valence-electron chi connectivity index (χ3n) is 2.17. The van der Waals surface area contributed by atoms with Gasteiger partial charge in [0.2, 0.25) is 0 Å². The van der Waals surface area contributed by atoms with E-state index in [0.29, 0.717) is 29.1 Å². The summed E-state index contributed by atoms with van der Waals surface area (Å²) >= 11 is 8.19. The van der Waals surface area contributed by atoms with Crippen LogP contribution in [0.15, 0.2) is 12.3 Å². The number of hydrogen-bond donors (Lipinski definition) is 0. The number of hydrogen-bond acceptors (Lipinski definition) is 5. The van der Waals surface area contributed by atoms with Crippen molar-refractivity contribution in [3.8, 4) is 11.5 Å². The second kappa shape index (κ2) is 5.85. The predicted molar refractivity (Wildman–Crippen MR) is 76.2 cm³/mol. The average Bonchev–Trinajstić information content (AvgIpc) is 2.35. The summed E-state index contributed by atoms with van der Waals surface area (Å²) in [6.07, 6.45) is 1.67. The van der Waals surface area contributed by atoms with Gasteiger partial charge in [-0.1, -0.05) is 11.6 Å². The molecule has 0 bridgehead atoms. The molecule has 0 amide bonds. The Labute approximate surface area is 123 Å². The van der Waals surface area contributed by atoms with Gasteiger partial charge >= 0.3 is 0 Å². The van der Waals surface area contributed by atoms with E-state index in [1.165, 1.54) is 0 Å². The zero-order valence-electron chi connectivity index (χ0n) is 9.81. The zero-order valence-corrected chi connectivity index (χ0v) is 12.7. The highest BCUT2D eigenvalue weighted by molar-refractivity contribution is 14.1. The number of nitrogens with zero attached hydrogens (tertiary/aromatic N) is 4. The van der Waals surface area contributed by atoms with Crippen LogP contribution >= 0.6 is 34.2 Å². The molecule has 0 spiro atoms. The van der Waals surface area contributed by atoms with Crippen LogP contribution in [0.2, 0.25) is 5.15 Å². The lowest BCUT2D eigenvalue weighted by Gasteiger charge is -2.07. The van der Waals surface area contributed by atoms with Crippen LogP contribution < -0.4 is 0 Å². The predicted octanol–water partition coefficient (Wildman–Crippen LogP) is 2.65. The van der Waals surface area contributed by atoms with Crippen molar-refractivity contribution in [2.45, 2.75) is 13.5 Å². The smallest absolute Gasteiger partial charge is 0.180 e. The van der Waals surface area contributed by atoms with E-state index < -0.39 is 0 Å². The topological polar surface area (TPSA) is 60.8 Å². The van der Waals surface area contributed by atoms with E-state index in [0.717, 1.165) is 9.26 Å². The third kappa shape index (κ3) is 2.93. The molecule has 0 aromatic carbocycles. The molecule has 0 atom stereocenters. The van der Waals surface area contributed by atoms with Gasteiger partial charge in [-0.3, -0.25) is 0 Å². The maximum absolute atomic E-state index is 6.09. The van der Waals surface area contributed by atoms with Gasteiger partial charge in [0.1, 0.15) is 16.7 Å². The molecule has 0 aliphatic heterocycles. The molecule has 18 heavy (non-hydrogen) atoms. The number of rotatable bonds is 3. The molecule has 2 heterocycles. The van der Waals surface area contributed by atoms with Gasteiger partial charge in [-0.15, -0.1) is 0 Å². The van der Waals surface area contributed by atoms with E-state index >= 15 is 0 Å². The minimum Gasteiger partial charge on any atom is -0.378 e. The Morgan fingerprint density at radius 2 is 2.11 bits per heavy atom. The molecule has 94 valence electrons. The number of halogens is 2. The third-order valence-corrected chi connectivity index (χ3v) is 3.89. The first-order valence-corrected chi connectivity index (χ1v) is 6.58. The summed E-state index contributed by atoms with van der Waals surface area (Å²) in [5, 5.41) is 0.406. The standard InChI is InChI=1S/C11H10ClIN4O/c1-6-14-4-3-7(15-6)11-16-8(5-18-2)9(13)10(12)17-11/h3-4H,5H2,1-2H3. The van der Waals surface area contributed by atoms with Gasteiger partial charge in [0.15, 0.2) is 5.82 Å². The Kier molecular flexibility index (Phi) is 4.41. The summed E-state index contributed by atoms with van der Waals surface area (Å²) in [5.41, 5.74) is 1.41. The Balaban J connectivity index is 2.51. The van der Waals surface area contributed by atoms with E-state index in [9.17, 15) is 0 Å². The number of methoxy groups -OCH3 is 1. The fourth-order valence-corrected chi connectivity index (χ4v) is 1.98. The normalized spacial score (nSPS) is 10.7. The van der Waals surface area contributed by atoms with E-state index in [2.05, 4.69) is 42.5 Å². The quantitative estimate of drug-likeness (QED) is 0.609. The fraction of sp³-hybridized carbons (Fsp3) is 0.273. The first-order valence-electron chi connectivity index (χ1n) is 5.12. The highest BCUT2D eigenvalue weighted by Gasteiger charge is 2.12. The number of aromatic nitrogens is 4. The molecular formula is C11H10ClIN4O. The number of aryl methyl sites for hydroxylation is 1. The molecule has 7 heteroatoms. The Hall–Kier alpha value is -0.860. The highest BCUT2D eigenvalue weighted by Crippen LogP contribution is 2.23. The fourth-order valence-electron chi connectivity index (χ4n) is 1.39. The van der Waals surface area contributed by atoms with Gasteiger partial charge < -0.3 is 4.74 Å². The van der Waals surface area contributed by atoms with Crippen LogP contribution in [0, 0.1) is 10.5 Å². The summed E-state index contributed by atoms with van der Waals surface area (Å²) in [4.78, 5) is 17.0. The van der Waals surface area contributed by atoms with Crippen molar-refractivity contribution >= 4 is 34.2 Å². The van der Waals surface area contributed by atoms with Gasteiger partial charge in [0.25, 0.3) is 0 Å². The molecule has 0 N–H and O–H groups in total. The molecule has 2 aromatic rings. The highest BCUT2D eigenvalue weighted by atomic mass is 127. The molecule has 5 nitrogen and oxygen atoms in total. The molecule has 0 radical (unpaired) electrons. The Bertz CT molecular complexity index is 579. The molecule has 0 aliphatic rings. The minimum atomic E-state index is 0.386. The van der Waals surface area contributed by atoms with Crippen LogP contribution in [0.1, 0.15) is 11.5 Å². The maximum Gasteiger partial charge on any atom is 0.180 e. The number of ether oxygens (including phenoxy) is 1. The minimum absolute atomic E-state index is 0.386. The van der Waals surface area contributed by atoms with E-state index in [4.69, 9.17) is 16.3 Å². The Morgan fingerprint density at radius 1 is 1.33 bits per heavy atom. The first kappa shape index (κ1) is 13.6. The summed E-state index contributed by atoms with van der Waals surface area (Å²) in [6.45, 7) is 2.20. The van der Waals surface area contributed by atoms with Crippen molar-refractivity contribution < 1.29 is 4.74 Å². The first-order chi connectivity index (χ1) is 8.61. The lowest BCUT2D eigenvalue weighted by molar-refractivity contribution is 0.181. The molecule has 0 fully saturated rings. The zero-order chi connectivity index (χ0) is 13.1. The molecular weight excluding hydrogens is 367 g/mol. The summed E-state index contributed by atoms with van der Waals surface area (Å²) in [6, 6.07) is 1.75. The van der Waals surface area contributed by atoms with Crippen LogP contribution in [-0.2, 0) is 11.3 Å². The molecule has 2 aromatic heterocycles. The van der Waals surface area contributed by atoms with Gasteiger partial charge in [-0.2, -0.15) is 0 Å². The van der Waals surface area contributed by atoms with E-state index in [1.54, 1.807) is 19.4 Å². The summed E-state index contributed by atoms with van der Waals surface area (Å²) < 4.78 is 5.89. The van der Waals surface area contributed by atoms with Crippen LogP contribution in [-0.4, -0.2) is 27.0 Å². The molecule has 2 rings (SSSR count). The van der Waals surface area contributed by atoms with Crippen LogP contribution in [0.4, 0.5) is 0 Å². The van der Waals surface area contributed by atoms with Gasteiger partial charge in [0, 0.05) is 13.3 Å². The van der Waals surface area contributed by atoms with Crippen LogP contribution in [0.5, 0.6) is 0 Å². The van der Waals surface area contributed by atoms with Crippen molar-refractivity contribution in [1.82, 2.24) is 19.9 Å². The maximum atomic E-state index is 6.09.